The van der Waals surface area contributed by atoms with Crippen molar-refractivity contribution in [1.29, 1.82) is 0 Å². The van der Waals surface area contributed by atoms with Gasteiger partial charge in [-0.3, -0.25) is 4.79 Å². The average molecular weight is 373 g/mol. The Labute approximate surface area is 141 Å². The van der Waals surface area contributed by atoms with E-state index in [1.807, 2.05) is 0 Å². The Morgan fingerprint density at radius 2 is 1.76 bits per heavy atom. The lowest BCUT2D eigenvalue weighted by atomic mass is 10.1. The van der Waals surface area contributed by atoms with Gasteiger partial charge in [-0.05, 0) is 25.0 Å². The topological polar surface area (TPSA) is 85.4 Å². The summed E-state index contributed by atoms with van der Waals surface area (Å²) in [5, 5.41) is 3.27. The molecule has 134 valence electrons. The summed E-state index contributed by atoms with van der Waals surface area (Å²) in [5.74, 6) is -1.43. The van der Waals surface area contributed by atoms with Crippen LogP contribution in [0.25, 0.3) is 11.4 Å². The van der Waals surface area contributed by atoms with Gasteiger partial charge >= 0.3 is 12.1 Å². The zero-order valence-electron chi connectivity index (χ0n) is 13.0. The minimum atomic E-state index is -4.72. The highest BCUT2D eigenvalue weighted by Crippen LogP contribution is 2.29. The normalized spacial score (nSPS) is 17.2. The number of aromatic nitrogens is 2. The first-order chi connectivity index (χ1) is 11.8. The van der Waals surface area contributed by atoms with Gasteiger partial charge in [0.2, 0.25) is 5.82 Å². The van der Waals surface area contributed by atoms with E-state index in [0.717, 1.165) is 19.3 Å². The highest BCUT2D eigenvalue weighted by atomic mass is 32.2. The molecule has 0 bridgehead atoms. The van der Waals surface area contributed by atoms with E-state index in [0.29, 0.717) is 11.5 Å². The second-order valence-electron chi connectivity index (χ2n) is 5.64. The monoisotopic (exact) mass is 373 g/mol. The molecule has 1 aliphatic rings. The quantitative estimate of drug-likeness (QED) is 0.804. The molecule has 0 radical (unpaired) electrons. The van der Waals surface area contributed by atoms with Crippen LogP contribution in [0.4, 0.5) is 13.2 Å². The summed E-state index contributed by atoms with van der Waals surface area (Å²) in [5.41, 5.74) is 0.467. The lowest BCUT2D eigenvalue weighted by Gasteiger charge is -2.14. The maximum absolute atomic E-state index is 12.5. The van der Waals surface area contributed by atoms with Crippen molar-refractivity contribution < 1.29 is 26.7 Å². The Balaban J connectivity index is 1.80. The molecule has 2 heterocycles. The van der Waals surface area contributed by atoms with E-state index in [1.165, 1.54) is 24.3 Å². The highest BCUT2D eigenvalue weighted by Gasteiger charge is 2.38. The van der Waals surface area contributed by atoms with Gasteiger partial charge in [0.15, 0.2) is 0 Å². The van der Waals surface area contributed by atoms with Crippen LogP contribution in [0.1, 0.15) is 35.5 Å². The van der Waals surface area contributed by atoms with Crippen LogP contribution in [0.5, 0.6) is 0 Å². The Morgan fingerprint density at radius 1 is 1.12 bits per heavy atom. The SMILES string of the molecule is O=C(N=S1(=O)CCCCC1)c1ccc(-c2noc(C(F)(F)F)n2)cc1. The molecule has 10 heteroatoms. The number of amides is 1. The van der Waals surface area contributed by atoms with Gasteiger partial charge in [0.05, 0.1) is 9.73 Å². The number of carbonyl (C=O) groups excluding carboxylic acids is 1. The van der Waals surface area contributed by atoms with Gasteiger partial charge in [0.1, 0.15) is 0 Å². The first kappa shape index (κ1) is 17.6. The maximum atomic E-state index is 12.5. The molecule has 0 saturated carbocycles. The maximum Gasteiger partial charge on any atom is 0.471 e. The van der Waals surface area contributed by atoms with Gasteiger partial charge in [-0.25, -0.2) is 4.21 Å². The molecule has 1 aromatic carbocycles. The van der Waals surface area contributed by atoms with Gasteiger partial charge in [-0.2, -0.15) is 22.5 Å². The third-order valence-electron chi connectivity index (χ3n) is 3.73. The molecule has 1 saturated heterocycles. The average Bonchev–Trinajstić information content (AvgIpc) is 3.05. The van der Waals surface area contributed by atoms with Crippen LogP contribution in [0.3, 0.4) is 0 Å². The first-order valence-electron chi connectivity index (χ1n) is 7.55. The van der Waals surface area contributed by atoms with E-state index in [1.54, 1.807) is 0 Å². The standard InChI is InChI=1S/C15H14F3N3O3S/c16-15(17,18)14-19-12(20-24-14)10-4-6-11(7-5-10)13(22)21-25(23)8-2-1-3-9-25/h4-7H,1-3,8-9H2. The van der Waals surface area contributed by atoms with Gasteiger partial charge < -0.3 is 4.52 Å². The van der Waals surface area contributed by atoms with Crippen LogP contribution < -0.4 is 0 Å². The Bertz CT molecular complexity index is 885. The number of benzene rings is 1. The van der Waals surface area contributed by atoms with Gasteiger partial charge in [0.25, 0.3) is 5.91 Å². The molecular weight excluding hydrogens is 359 g/mol. The van der Waals surface area contributed by atoms with Crippen molar-refractivity contribution in [3.05, 3.63) is 35.7 Å². The van der Waals surface area contributed by atoms with Crippen molar-refractivity contribution in [2.45, 2.75) is 25.4 Å². The van der Waals surface area contributed by atoms with Crippen molar-refractivity contribution in [3.8, 4) is 11.4 Å². The summed E-state index contributed by atoms with van der Waals surface area (Å²) in [6.45, 7) is 0. The molecule has 6 nitrogen and oxygen atoms in total. The molecule has 1 amide bonds. The van der Waals surface area contributed by atoms with Crippen molar-refractivity contribution in [3.63, 3.8) is 0 Å². The molecule has 3 rings (SSSR count). The van der Waals surface area contributed by atoms with Crippen LogP contribution in [-0.2, 0) is 15.9 Å². The van der Waals surface area contributed by atoms with Crippen molar-refractivity contribution in [2.24, 2.45) is 4.36 Å². The number of rotatable bonds is 2. The lowest BCUT2D eigenvalue weighted by Crippen LogP contribution is -2.18. The van der Waals surface area contributed by atoms with Gasteiger partial charge in [0, 0.05) is 22.6 Å². The first-order valence-corrected chi connectivity index (χ1v) is 9.40. The van der Waals surface area contributed by atoms with Gasteiger partial charge in [-0.1, -0.05) is 23.7 Å². The molecule has 0 unspecified atom stereocenters. The number of nitrogens with zero attached hydrogens (tertiary/aromatic N) is 3. The predicted molar refractivity (Wildman–Crippen MR) is 83.2 cm³/mol. The molecule has 1 aliphatic heterocycles. The van der Waals surface area contributed by atoms with E-state index in [-0.39, 0.29) is 17.0 Å². The minimum absolute atomic E-state index is 0.205. The number of hydrogen-bond acceptors (Lipinski definition) is 5. The number of carbonyl (C=O) groups is 1. The van der Waals surface area contributed by atoms with Crippen molar-refractivity contribution >= 4 is 15.6 Å². The summed E-state index contributed by atoms with van der Waals surface area (Å²) in [6.07, 6.45) is -2.16. The second-order valence-corrected chi connectivity index (χ2v) is 8.18. The molecule has 0 atom stereocenters. The van der Waals surface area contributed by atoms with E-state index < -0.39 is 27.7 Å². The third-order valence-corrected chi connectivity index (χ3v) is 6.09. The zero-order valence-corrected chi connectivity index (χ0v) is 13.8. The Hall–Kier alpha value is -2.23. The van der Waals surface area contributed by atoms with Crippen LogP contribution in [-0.4, -0.2) is 31.8 Å². The number of hydrogen-bond donors (Lipinski definition) is 0. The predicted octanol–water partition coefficient (Wildman–Crippen LogP) is 3.55. The van der Waals surface area contributed by atoms with Crippen LogP contribution in [0.15, 0.2) is 33.2 Å². The van der Waals surface area contributed by atoms with Crippen molar-refractivity contribution in [2.75, 3.05) is 11.5 Å². The molecule has 25 heavy (non-hydrogen) atoms. The summed E-state index contributed by atoms with van der Waals surface area (Å²) >= 11 is 0. The van der Waals surface area contributed by atoms with Gasteiger partial charge in [-0.15, -0.1) is 0 Å². The molecule has 1 fully saturated rings. The van der Waals surface area contributed by atoms with E-state index >= 15 is 0 Å². The summed E-state index contributed by atoms with van der Waals surface area (Å²) in [7, 11) is -2.50. The number of halogens is 3. The molecule has 0 aliphatic carbocycles. The second kappa shape index (κ2) is 6.58. The van der Waals surface area contributed by atoms with E-state index in [9.17, 15) is 22.2 Å². The number of alkyl halides is 3. The van der Waals surface area contributed by atoms with Crippen LogP contribution >= 0.6 is 0 Å². The van der Waals surface area contributed by atoms with Crippen LogP contribution in [0.2, 0.25) is 0 Å². The summed E-state index contributed by atoms with van der Waals surface area (Å²) in [4.78, 5) is 15.4. The highest BCUT2D eigenvalue weighted by molar-refractivity contribution is 7.93. The Morgan fingerprint density at radius 3 is 2.32 bits per heavy atom. The van der Waals surface area contributed by atoms with E-state index in [4.69, 9.17) is 0 Å². The smallest absolute Gasteiger partial charge is 0.329 e. The Kier molecular flexibility index (Phi) is 4.63. The van der Waals surface area contributed by atoms with Crippen molar-refractivity contribution in [1.82, 2.24) is 10.1 Å². The molecule has 1 aromatic heterocycles. The lowest BCUT2D eigenvalue weighted by molar-refractivity contribution is -0.159. The molecule has 0 N–H and O–H groups in total. The summed E-state index contributed by atoms with van der Waals surface area (Å²) in [6, 6.07) is 5.55. The fourth-order valence-electron chi connectivity index (χ4n) is 2.45. The minimum Gasteiger partial charge on any atom is -0.329 e. The molecule has 0 spiro atoms. The molecular formula is C15H14F3N3O3S. The molecule has 2 aromatic rings. The zero-order chi connectivity index (χ0) is 18.1. The third kappa shape index (κ3) is 4.06. The van der Waals surface area contributed by atoms with E-state index in [2.05, 4.69) is 19.0 Å². The fourth-order valence-corrected chi connectivity index (χ4v) is 4.55. The summed E-state index contributed by atoms with van der Waals surface area (Å²) < 4.78 is 57.9. The largest absolute Gasteiger partial charge is 0.471 e. The van der Waals surface area contributed by atoms with Crippen LogP contribution in [0, 0.1) is 0 Å². The fraction of sp³-hybridized carbons (Fsp3) is 0.400.